The minimum absolute atomic E-state index is 0.183. The summed E-state index contributed by atoms with van der Waals surface area (Å²) in [7, 11) is 4.13. The molecule has 16 heavy (non-hydrogen) atoms. The molecule has 90 valence electrons. The predicted molar refractivity (Wildman–Crippen MR) is 66.0 cm³/mol. The zero-order valence-electron chi connectivity index (χ0n) is 10.5. The van der Waals surface area contributed by atoms with Gasteiger partial charge in [0.05, 0.1) is 0 Å². The molecule has 0 radical (unpaired) electrons. The lowest BCUT2D eigenvalue weighted by atomic mass is 10.1. The molecule has 0 saturated heterocycles. The molecule has 0 bridgehead atoms. The van der Waals surface area contributed by atoms with Crippen LogP contribution in [0.3, 0.4) is 0 Å². The van der Waals surface area contributed by atoms with Crippen LogP contribution in [-0.2, 0) is 0 Å². The second-order valence-corrected chi connectivity index (χ2v) is 4.49. The largest absolute Gasteiger partial charge is 0.309 e. The molecule has 0 fully saturated rings. The molecule has 0 spiro atoms. The molecule has 0 aromatic heterocycles. The quantitative estimate of drug-likeness (QED) is 0.826. The van der Waals surface area contributed by atoms with E-state index in [1.54, 1.807) is 0 Å². The first-order valence-corrected chi connectivity index (χ1v) is 5.66. The molecule has 0 aliphatic heterocycles. The molecule has 1 N–H and O–H groups in total. The van der Waals surface area contributed by atoms with Crippen LogP contribution in [0.25, 0.3) is 0 Å². The van der Waals surface area contributed by atoms with Gasteiger partial charge in [0.15, 0.2) is 0 Å². The van der Waals surface area contributed by atoms with Gasteiger partial charge in [0.25, 0.3) is 0 Å². The Morgan fingerprint density at radius 2 is 1.75 bits per heavy atom. The van der Waals surface area contributed by atoms with Gasteiger partial charge in [0, 0.05) is 18.6 Å². The number of benzene rings is 1. The van der Waals surface area contributed by atoms with Crippen molar-refractivity contribution in [1.82, 2.24) is 10.2 Å². The lowest BCUT2D eigenvalue weighted by molar-refractivity contribution is 0.295. The first kappa shape index (κ1) is 13.1. The van der Waals surface area contributed by atoms with Gasteiger partial charge in [-0.25, -0.2) is 4.39 Å². The van der Waals surface area contributed by atoms with Crippen LogP contribution in [0.2, 0.25) is 0 Å². The third kappa shape index (κ3) is 3.91. The molecule has 0 amide bonds. The minimum atomic E-state index is -0.183. The van der Waals surface area contributed by atoms with E-state index >= 15 is 0 Å². The van der Waals surface area contributed by atoms with Crippen LogP contribution in [0.4, 0.5) is 4.39 Å². The van der Waals surface area contributed by atoms with Crippen molar-refractivity contribution in [1.29, 1.82) is 0 Å². The second-order valence-electron chi connectivity index (χ2n) is 4.49. The molecule has 1 aromatic carbocycles. The van der Waals surface area contributed by atoms with E-state index in [2.05, 4.69) is 38.2 Å². The molecule has 0 aliphatic rings. The number of nitrogens with zero attached hydrogens (tertiary/aromatic N) is 1. The topological polar surface area (TPSA) is 15.3 Å². The highest BCUT2D eigenvalue weighted by Crippen LogP contribution is 2.12. The van der Waals surface area contributed by atoms with Crippen molar-refractivity contribution in [2.75, 3.05) is 20.6 Å². The van der Waals surface area contributed by atoms with Crippen molar-refractivity contribution in [3.05, 3.63) is 35.6 Å². The van der Waals surface area contributed by atoms with Gasteiger partial charge < -0.3 is 10.2 Å². The van der Waals surface area contributed by atoms with Crippen molar-refractivity contribution in [3.63, 3.8) is 0 Å². The van der Waals surface area contributed by atoms with E-state index in [0.717, 1.165) is 12.1 Å². The standard InChI is InChI=1S/C13H21FN2/c1-10(16(3)4)9-15-11(2)12-5-7-13(14)8-6-12/h5-8,10-11,15H,9H2,1-4H3. The molecular formula is C13H21FN2. The summed E-state index contributed by atoms with van der Waals surface area (Å²) < 4.78 is 12.7. The van der Waals surface area contributed by atoms with E-state index in [1.807, 2.05) is 12.1 Å². The summed E-state index contributed by atoms with van der Waals surface area (Å²) in [5.74, 6) is -0.183. The maximum atomic E-state index is 12.7. The zero-order chi connectivity index (χ0) is 12.1. The van der Waals surface area contributed by atoms with Gasteiger partial charge in [-0.3, -0.25) is 0 Å². The number of likely N-dealkylation sites (N-methyl/N-ethyl adjacent to an activating group) is 1. The minimum Gasteiger partial charge on any atom is -0.309 e. The average molecular weight is 224 g/mol. The van der Waals surface area contributed by atoms with Crippen LogP contribution in [0, 0.1) is 5.82 Å². The smallest absolute Gasteiger partial charge is 0.123 e. The molecular weight excluding hydrogens is 203 g/mol. The first-order valence-electron chi connectivity index (χ1n) is 5.66. The molecule has 2 unspecified atom stereocenters. The fourth-order valence-electron chi connectivity index (χ4n) is 1.40. The summed E-state index contributed by atoms with van der Waals surface area (Å²) in [6.45, 7) is 5.19. The average Bonchev–Trinajstić information content (AvgIpc) is 2.26. The fourth-order valence-corrected chi connectivity index (χ4v) is 1.40. The predicted octanol–water partition coefficient (Wildman–Crippen LogP) is 2.43. The number of nitrogens with one attached hydrogen (secondary N) is 1. The first-order chi connectivity index (χ1) is 7.50. The van der Waals surface area contributed by atoms with Gasteiger partial charge in [-0.15, -0.1) is 0 Å². The molecule has 0 heterocycles. The SMILES string of the molecule is CC(NCC(C)N(C)C)c1ccc(F)cc1. The second kappa shape index (κ2) is 5.97. The Morgan fingerprint density at radius 1 is 1.19 bits per heavy atom. The van der Waals surface area contributed by atoms with E-state index in [4.69, 9.17) is 0 Å². The van der Waals surface area contributed by atoms with Crippen molar-refractivity contribution in [2.45, 2.75) is 25.9 Å². The van der Waals surface area contributed by atoms with E-state index < -0.39 is 0 Å². The molecule has 0 saturated carbocycles. The molecule has 1 rings (SSSR count). The fraction of sp³-hybridized carbons (Fsp3) is 0.538. The Labute approximate surface area is 97.5 Å². The lowest BCUT2D eigenvalue weighted by Crippen LogP contribution is -2.36. The van der Waals surface area contributed by atoms with Gasteiger partial charge in [-0.05, 0) is 45.6 Å². The number of hydrogen-bond acceptors (Lipinski definition) is 2. The molecule has 2 nitrogen and oxygen atoms in total. The van der Waals surface area contributed by atoms with Crippen LogP contribution in [0.15, 0.2) is 24.3 Å². The van der Waals surface area contributed by atoms with Crippen molar-refractivity contribution in [3.8, 4) is 0 Å². The summed E-state index contributed by atoms with van der Waals surface area (Å²) in [6.07, 6.45) is 0. The summed E-state index contributed by atoms with van der Waals surface area (Å²) in [6, 6.07) is 7.40. The normalized spacial score (nSPS) is 15.1. The summed E-state index contributed by atoms with van der Waals surface area (Å²) in [5, 5.41) is 3.44. The highest BCUT2D eigenvalue weighted by molar-refractivity contribution is 5.19. The maximum absolute atomic E-state index is 12.7. The van der Waals surface area contributed by atoms with Gasteiger partial charge in [-0.1, -0.05) is 12.1 Å². The highest BCUT2D eigenvalue weighted by atomic mass is 19.1. The zero-order valence-corrected chi connectivity index (χ0v) is 10.5. The molecule has 0 aliphatic carbocycles. The van der Waals surface area contributed by atoms with Crippen LogP contribution >= 0.6 is 0 Å². The van der Waals surface area contributed by atoms with Crippen LogP contribution in [-0.4, -0.2) is 31.6 Å². The van der Waals surface area contributed by atoms with Gasteiger partial charge in [0.2, 0.25) is 0 Å². The Bertz CT molecular complexity index is 308. The Kier molecular flexibility index (Phi) is 4.90. The Balaban J connectivity index is 2.46. The third-order valence-electron chi connectivity index (χ3n) is 2.97. The lowest BCUT2D eigenvalue weighted by Gasteiger charge is -2.23. The monoisotopic (exact) mass is 224 g/mol. The summed E-state index contributed by atoms with van der Waals surface area (Å²) in [5.41, 5.74) is 1.12. The van der Waals surface area contributed by atoms with Gasteiger partial charge >= 0.3 is 0 Å². The van der Waals surface area contributed by atoms with Crippen LogP contribution in [0.1, 0.15) is 25.5 Å². The maximum Gasteiger partial charge on any atom is 0.123 e. The Morgan fingerprint density at radius 3 is 2.25 bits per heavy atom. The van der Waals surface area contributed by atoms with Crippen molar-refractivity contribution < 1.29 is 4.39 Å². The summed E-state index contributed by atoms with van der Waals surface area (Å²) in [4.78, 5) is 2.17. The molecule has 3 heteroatoms. The van der Waals surface area contributed by atoms with Gasteiger partial charge in [0.1, 0.15) is 5.82 Å². The van der Waals surface area contributed by atoms with E-state index in [-0.39, 0.29) is 11.9 Å². The van der Waals surface area contributed by atoms with E-state index in [9.17, 15) is 4.39 Å². The number of rotatable bonds is 5. The third-order valence-corrected chi connectivity index (χ3v) is 2.97. The van der Waals surface area contributed by atoms with Gasteiger partial charge in [-0.2, -0.15) is 0 Å². The summed E-state index contributed by atoms with van der Waals surface area (Å²) >= 11 is 0. The Hall–Kier alpha value is -0.930. The van der Waals surface area contributed by atoms with E-state index in [1.165, 1.54) is 12.1 Å². The van der Waals surface area contributed by atoms with Crippen LogP contribution < -0.4 is 5.32 Å². The van der Waals surface area contributed by atoms with Crippen LogP contribution in [0.5, 0.6) is 0 Å². The van der Waals surface area contributed by atoms with Crippen molar-refractivity contribution in [2.24, 2.45) is 0 Å². The van der Waals surface area contributed by atoms with E-state index in [0.29, 0.717) is 6.04 Å². The number of hydrogen-bond donors (Lipinski definition) is 1. The molecule has 2 atom stereocenters. The number of halogens is 1. The van der Waals surface area contributed by atoms with Crippen molar-refractivity contribution >= 4 is 0 Å². The molecule has 1 aromatic rings. The highest BCUT2D eigenvalue weighted by Gasteiger charge is 2.08.